The standard InChI is InChI=1S/C12H13IN2O6S/c1-8-12(16)21-9(6-13)7-14(8)22(19,20)11-5-3-2-4-10(11)15(17)18/h2-5,8-9H,6-7H2,1H3/t8-,9-/m0/s1. The zero-order valence-electron chi connectivity index (χ0n) is 11.5. The topological polar surface area (TPSA) is 107 Å². The van der Waals surface area contributed by atoms with Gasteiger partial charge in [0.1, 0.15) is 12.1 Å². The number of ether oxygens (including phenoxy) is 1. The van der Waals surface area contributed by atoms with Crippen molar-refractivity contribution in [1.82, 2.24) is 4.31 Å². The summed E-state index contributed by atoms with van der Waals surface area (Å²) in [6, 6.07) is 4.06. The van der Waals surface area contributed by atoms with E-state index < -0.39 is 43.6 Å². The molecular weight excluding hydrogens is 427 g/mol. The van der Waals surface area contributed by atoms with Crippen molar-refractivity contribution >= 4 is 44.3 Å². The van der Waals surface area contributed by atoms with E-state index in [2.05, 4.69) is 0 Å². The second-order valence-corrected chi connectivity index (χ2v) is 7.43. The van der Waals surface area contributed by atoms with E-state index in [1.54, 1.807) is 0 Å². The maximum atomic E-state index is 12.7. The van der Waals surface area contributed by atoms with Crippen molar-refractivity contribution in [2.24, 2.45) is 0 Å². The van der Waals surface area contributed by atoms with Crippen LogP contribution in [-0.2, 0) is 19.6 Å². The first-order valence-electron chi connectivity index (χ1n) is 6.30. The second kappa shape index (κ2) is 6.46. The van der Waals surface area contributed by atoms with Gasteiger partial charge >= 0.3 is 5.97 Å². The third kappa shape index (κ3) is 3.08. The Labute approximate surface area is 140 Å². The zero-order chi connectivity index (χ0) is 16.5. The van der Waals surface area contributed by atoms with Gasteiger partial charge in [0.05, 0.1) is 11.5 Å². The number of nitro benzene ring substituents is 1. The number of esters is 1. The Morgan fingerprint density at radius 3 is 2.68 bits per heavy atom. The van der Waals surface area contributed by atoms with E-state index in [9.17, 15) is 23.3 Å². The molecule has 2 rings (SSSR count). The number of sulfonamides is 1. The Bertz CT molecular complexity index is 707. The number of morpholine rings is 1. The molecule has 120 valence electrons. The summed E-state index contributed by atoms with van der Waals surface area (Å²) in [5.41, 5.74) is -0.514. The molecule has 1 aliphatic heterocycles. The predicted molar refractivity (Wildman–Crippen MR) is 85.2 cm³/mol. The van der Waals surface area contributed by atoms with Gasteiger partial charge in [-0.05, 0) is 13.0 Å². The molecule has 0 unspecified atom stereocenters. The highest BCUT2D eigenvalue weighted by Crippen LogP contribution is 2.29. The lowest BCUT2D eigenvalue weighted by atomic mass is 10.2. The van der Waals surface area contributed by atoms with Gasteiger partial charge in [0.25, 0.3) is 15.7 Å². The van der Waals surface area contributed by atoms with Gasteiger partial charge in [-0.25, -0.2) is 8.42 Å². The number of rotatable bonds is 4. The monoisotopic (exact) mass is 440 g/mol. The minimum Gasteiger partial charge on any atom is -0.459 e. The molecule has 1 saturated heterocycles. The summed E-state index contributed by atoms with van der Waals surface area (Å²) < 4.78 is 32.0. The van der Waals surface area contributed by atoms with Crippen molar-refractivity contribution in [2.45, 2.75) is 24.0 Å². The summed E-state index contributed by atoms with van der Waals surface area (Å²) in [6.07, 6.45) is -0.568. The van der Waals surface area contributed by atoms with E-state index in [0.717, 1.165) is 10.4 Å². The molecule has 0 N–H and O–H groups in total. The molecule has 0 amide bonds. The maximum Gasteiger partial charge on any atom is 0.324 e. The van der Waals surface area contributed by atoms with E-state index in [1.165, 1.54) is 25.1 Å². The van der Waals surface area contributed by atoms with Crippen LogP contribution in [0.15, 0.2) is 29.2 Å². The van der Waals surface area contributed by atoms with Gasteiger partial charge in [-0.15, -0.1) is 0 Å². The highest BCUT2D eigenvalue weighted by molar-refractivity contribution is 14.1. The molecule has 0 radical (unpaired) electrons. The fourth-order valence-electron chi connectivity index (χ4n) is 2.12. The normalized spacial score (nSPS) is 23.1. The van der Waals surface area contributed by atoms with E-state index in [-0.39, 0.29) is 6.54 Å². The summed E-state index contributed by atoms with van der Waals surface area (Å²) in [7, 11) is -4.18. The van der Waals surface area contributed by atoms with Gasteiger partial charge < -0.3 is 4.74 Å². The summed E-state index contributed by atoms with van der Waals surface area (Å²) in [5, 5.41) is 11.0. The second-order valence-electron chi connectivity index (χ2n) is 4.69. The molecule has 0 aliphatic carbocycles. The lowest BCUT2D eigenvalue weighted by molar-refractivity contribution is -0.387. The molecule has 1 aromatic carbocycles. The summed E-state index contributed by atoms with van der Waals surface area (Å²) >= 11 is 1.99. The SMILES string of the molecule is C[C@H]1C(=O)O[C@@H](CI)CN1S(=O)(=O)c1ccccc1[N+](=O)[O-]. The summed E-state index contributed by atoms with van der Waals surface area (Å²) in [4.78, 5) is 21.7. The first kappa shape index (κ1) is 17.1. The molecule has 22 heavy (non-hydrogen) atoms. The number of benzene rings is 1. The Morgan fingerprint density at radius 1 is 1.45 bits per heavy atom. The largest absolute Gasteiger partial charge is 0.459 e. The van der Waals surface area contributed by atoms with Crippen LogP contribution in [0.4, 0.5) is 5.69 Å². The number of nitrogens with zero attached hydrogens (tertiary/aromatic N) is 2. The van der Waals surface area contributed by atoms with Crippen LogP contribution < -0.4 is 0 Å². The fourth-order valence-corrected chi connectivity index (χ4v) is 4.35. The van der Waals surface area contributed by atoms with Gasteiger partial charge in [0.2, 0.25) is 0 Å². The summed E-state index contributed by atoms with van der Waals surface area (Å²) in [5.74, 6) is -0.657. The van der Waals surface area contributed by atoms with Crippen LogP contribution in [-0.4, -0.2) is 46.7 Å². The van der Waals surface area contributed by atoms with Crippen molar-refractivity contribution in [3.63, 3.8) is 0 Å². The Morgan fingerprint density at radius 2 is 2.09 bits per heavy atom. The zero-order valence-corrected chi connectivity index (χ0v) is 14.5. The first-order chi connectivity index (χ1) is 10.3. The van der Waals surface area contributed by atoms with Crippen LogP contribution in [0.25, 0.3) is 0 Å². The lowest BCUT2D eigenvalue weighted by Gasteiger charge is -2.35. The molecule has 0 aromatic heterocycles. The molecule has 2 atom stereocenters. The van der Waals surface area contributed by atoms with Crippen LogP contribution in [0, 0.1) is 10.1 Å². The van der Waals surface area contributed by atoms with E-state index in [1.807, 2.05) is 22.6 Å². The number of hydrogen-bond donors (Lipinski definition) is 0. The predicted octanol–water partition coefficient (Wildman–Crippen LogP) is 1.33. The average Bonchev–Trinajstić information content (AvgIpc) is 2.49. The molecule has 0 bridgehead atoms. The number of cyclic esters (lactones) is 1. The molecule has 1 aliphatic rings. The number of nitro groups is 1. The van der Waals surface area contributed by atoms with Crippen molar-refractivity contribution < 1.29 is 22.9 Å². The fraction of sp³-hybridized carbons (Fsp3) is 0.417. The van der Waals surface area contributed by atoms with E-state index in [4.69, 9.17) is 4.74 Å². The average molecular weight is 440 g/mol. The van der Waals surface area contributed by atoms with Crippen LogP contribution in [0.2, 0.25) is 0 Å². The number of halogens is 1. The molecule has 1 heterocycles. The minimum absolute atomic E-state index is 0.0236. The van der Waals surface area contributed by atoms with Gasteiger partial charge in [-0.3, -0.25) is 14.9 Å². The lowest BCUT2D eigenvalue weighted by Crippen LogP contribution is -2.54. The van der Waals surface area contributed by atoms with Crippen LogP contribution >= 0.6 is 22.6 Å². The minimum atomic E-state index is -4.18. The van der Waals surface area contributed by atoms with Crippen molar-refractivity contribution in [1.29, 1.82) is 0 Å². The van der Waals surface area contributed by atoms with Crippen molar-refractivity contribution in [2.75, 3.05) is 11.0 Å². The molecule has 10 heteroatoms. The van der Waals surface area contributed by atoms with Gasteiger partial charge in [0.15, 0.2) is 4.90 Å². The number of hydrogen-bond acceptors (Lipinski definition) is 6. The Balaban J connectivity index is 2.50. The smallest absolute Gasteiger partial charge is 0.324 e. The number of carbonyl (C=O) groups excluding carboxylic acids is 1. The van der Waals surface area contributed by atoms with Crippen LogP contribution in [0.1, 0.15) is 6.92 Å². The van der Waals surface area contributed by atoms with Crippen LogP contribution in [0.5, 0.6) is 0 Å². The highest BCUT2D eigenvalue weighted by atomic mass is 127. The molecule has 8 nitrogen and oxygen atoms in total. The maximum absolute atomic E-state index is 12.7. The first-order valence-corrected chi connectivity index (χ1v) is 9.27. The Kier molecular flexibility index (Phi) is 5.02. The van der Waals surface area contributed by atoms with Crippen LogP contribution in [0.3, 0.4) is 0 Å². The third-order valence-electron chi connectivity index (χ3n) is 3.26. The molecule has 1 fully saturated rings. The number of carbonyl (C=O) groups is 1. The van der Waals surface area contributed by atoms with Gasteiger partial charge in [-0.2, -0.15) is 4.31 Å². The van der Waals surface area contributed by atoms with E-state index in [0.29, 0.717) is 4.43 Å². The van der Waals surface area contributed by atoms with Gasteiger partial charge in [0, 0.05) is 10.5 Å². The molecule has 0 spiro atoms. The van der Waals surface area contributed by atoms with Gasteiger partial charge in [-0.1, -0.05) is 34.7 Å². The van der Waals surface area contributed by atoms with Crippen molar-refractivity contribution in [3.05, 3.63) is 34.4 Å². The molecule has 0 saturated carbocycles. The third-order valence-corrected chi connectivity index (χ3v) is 6.23. The molecular formula is C12H13IN2O6S. The van der Waals surface area contributed by atoms with E-state index >= 15 is 0 Å². The molecule has 1 aromatic rings. The Hall–Kier alpha value is -1.27. The number of alkyl halides is 1. The van der Waals surface area contributed by atoms with Crippen molar-refractivity contribution in [3.8, 4) is 0 Å². The quantitative estimate of drug-likeness (QED) is 0.230. The number of para-hydroxylation sites is 1. The highest BCUT2D eigenvalue weighted by Gasteiger charge is 2.42. The summed E-state index contributed by atoms with van der Waals surface area (Å²) in [6.45, 7) is 1.38.